The molecule has 2 aromatic carbocycles. The summed E-state index contributed by atoms with van der Waals surface area (Å²) in [6, 6.07) is 16.0. The largest absolute Gasteiger partial charge is 0.453 e. The van der Waals surface area contributed by atoms with Crippen molar-refractivity contribution in [3.8, 4) is 5.75 Å². The quantitative estimate of drug-likeness (QED) is 0.223. The molecule has 0 fully saturated rings. The Labute approximate surface area is 206 Å². The number of aryl methyl sites for hydroxylation is 2. The first-order valence-electron chi connectivity index (χ1n) is 11.2. The lowest BCUT2D eigenvalue weighted by Gasteiger charge is -2.13. The molecular formula is C27H22ClN3O4. The van der Waals surface area contributed by atoms with Gasteiger partial charge in [-0.05, 0) is 51.0 Å². The third-order valence-corrected chi connectivity index (χ3v) is 6.28. The van der Waals surface area contributed by atoms with Crippen LogP contribution in [0.25, 0.3) is 10.9 Å². The molecule has 1 amide bonds. The molecule has 0 saturated carbocycles. The molecular weight excluding hydrogens is 466 g/mol. The second kappa shape index (κ2) is 9.35. The van der Waals surface area contributed by atoms with Gasteiger partial charge in [0.25, 0.3) is 5.91 Å². The Morgan fingerprint density at radius 1 is 1.06 bits per heavy atom. The Hall–Kier alpha value is -3.97. The summed E-state index contributed by atoms with van der Waals surface area (Å²) >= 11 is 6.12. The summed E-state index contributed by atoms with van der Waals surface area (Å²) < 4.78 is 11.7. The van der Waals surface area contributed by atoms with Crippen molar-refractivity contribution in [3.63, 3.8) is 0 Å². The third kappa shape index (κ3) is 4.42. The Morgan fingerprint density at radius 2 is 1.89 bits per heavy atom. The van der Waals surface area contributed by atoms with E-state index in [1.807, 2.05) is 31.2 Å². The molecule has 1 N–H and O–H groups in total. The maximum absolute atomic E-state index is 13.1. The Bertz CT molecular complexity index is 1510. The number of nitrogens with zero attached hydrogens (tertiary/aromatic N) is 2. The number of ether oxygens (including phenoxy) is 1. The predicted octanol–water partition coefficient (Wildman–Crippen LogP) is 5.79. The average molecular weight is 488 g/mol. The van der Waals surface area contributed by atoms with Crippen LogP contribution in [-0.4, -0.2) is 22.6 Å². The fourth-order valence-electron chi connectivity index (χ4n) is 4.24. The Kier molecular flexibility index (Phi) is 6.09. The molecule has 176 valence electrons. The van der Waals surface area contributed by atoms with Gasteiger partial charge in [0.05, 0.1) is 16.3 Å². The molecule has 0 spiro atoms. The van der Waals surface area contributed by atoms with Gasteiger partial charge in [0.15, 0.2) is 5.75 Å². The van der Waals surface area contributed by atoms with Gasteiger partial charge < -0.3 is 9.15 Å². The number of hydrogen-bond donors (Lipinski definition) is 1. The van der Waals surface area contributed by atoms with Crippen molar-refractivity contribution < 1.29 is 18.7 Å². The minimum atomic E-state index is -0.604. The molecule has 2 heterocycles. The van der Waals surface area contributed by atoms with Crippen molar-refractivity contribution in [1.82, 2.24) is 10.4 Å². The standard InChI is InChI=1S/C27H22ClN3O4/c1-15-13-14-17-7-5-12-22(24(17)29-15)35-27(33)25-16(2)23-20(10-6-11-21(23)34-25)30-31-26(32)18-8-3-4-9-19(18)28/h3-5,7-9,12-14H,6,10-11H2,1-2H3,(H,31,32)/b30-20+. The highest BCUT2D eigenvalue weighted by atomic mass is 35.5. The fraction of sp³-hybridized carbons (Fsp3) is 0.185. The number of pyridine rings is 1. The maximum Gasteiger partial charge on any atom is 0.380 e. The van der Waals surface area contributed by atoms with Gasteiger partial charge >= 0.3 is 5.97 Å². The van der Waals surface area contributed by atoms with Crippen LogP contribution >= 0.6 is 11.6 Å². The number of hydrazone groups is 1. The van der Waals surface area contributed by atoms with Crippen LogP contribution in [0, 0.1) is 13.8 Å². The molecule has 2 aromatic heterocycles. The molecule has 1 aliphatic rings. The molecule has 7 nitrogen and oxygen atoms in total. The smallest absolute Gasteiger partial charge is 0.380 e. The lowest BCUT2D eigenvalue weighted by atomic mass is 9.93. The SMILES string of the molecule is Cc1ccc2cccc(OC(=O)c3oc4c(c3C)/C(=N/NC(=O)c3ccccc3Cl)CCC4)c2n1. The van der Waals surface area contributed by atoms with E-state index in [1.54, 1.807) is 37.3 Å². The molecule has 1 aliphatic carbocycles. The van der Waals surface area contributed by atoms with E-state index in [-0.39, 0.29) is 5.76 Å². The summed E-state index contributed by atoms with van der Waals surface area (Å²) in [5.74, 6) is 0.123. The number of fused-ring (bicyclic) bond motifs is 2. The number of aromatic nitrogens is 1. The van der Waals surface area contributed by atoms with Crippen LogP contribution < -0.4 is 10.2 Å². The molecule has 0 aliphatic heterocycles. The van der Waals surface area contributed by atoms with Crippen LogP contribution in [-0.2, 0) is 6.42 Å². The maximum atomic E-state index is 13.1. The van der Waals surface area contributed by atoms with Crippen molar-refractivity contribution >= 4 is 40.1 Å². The first-order chi connectivity index (χ1) is 16.9. The number of rotatable bonds is 4. The fourth-order valence-corrected chi connectivity index (χ4v) is 4.47. The molecule has 0 saturated heterocycles. The first kappa shape index (κ1) is 22.8. The molecule has 0 bridgehead atoms. The summed E-state index contributed by atoms with van der Waals surface area (Å²) in [7, 11) is 0. The number of furan rings is 1. The minimum absolute atomic E-state index is 0.117. The number of carbonyl (C=O) groups is 2. The topological polar surface area (TPSA) is 93.8 Å². The molecule has 0 atom stereocenters. The normalized spacial score (nSPS) is 14.1. The van der Waals surface area contributed by atoms with Gasteiger partial charge in [-0.15, -0.1) is 0 Å². The van der Waals surface area contributed by atoms with E-state index in [0.29, 0.717) is 51.7 Å². The second-order valence-electron chi connectivity index (χ2n) is 8.36. The molecule has 8 heteroatoms. The Balaban J connectivity index is 1.42. The van der Waals surface area contributed by atoms with Crippen molar-refractivity contribution in [2.24, 2.45) is 5.10 Å². The van der Waals surface area contributed by atoms with Crippen LogP contribution in [0.3, 0.4) is 0 Å². The van der Waals surface area contributed by atoms with Crippen molar-refractivity contribution in [3.05, 3.63) is 93.5 Å². The van der Waals surface area contributed by atoms with Crippen LogP contribution in [0.2, 0.25) is 5.02 Å². The predicted molar refractivity (Wildman–Crippen MR) is 133 cm³/mol. The summed E-state index contributed by atoms with van der Waals surface area (Å²) in [6.45, 7) is 3.68. The van der Waals surface area contributed by atoms with E-state index >= 15 is 0 Å². The summed E-state index contributed by atoms with van der Waals surface area (Å²) in [5.41, 5.74) is 6.35. The monoisotopic (exact) mass is 487 g/mol. The van der Waals surface area contributed by atoms with E-state index in [2.05, 4.69) is 15.5 Å². The average Bonchev–Trinajstić information content (AvgIpc) is 3.20. The van der Waals surface area contributed by atoms with Crippen LogP contribution in [0.4, 0.5) is 0 Å². The van der Waals surface area contributed by atoms with Gasteiger partial charge in [-0.25, -0.2) is 15.2 Å². The highest BCUT2D eigenvalue weighted by Crippen LogP contribution is 2.31. The number of nitrogens with one attached hydrogen (secondary N) is 1. The first-order valence-corrected chi connectivity index (χ1v) is 11.6. The van der Waals surface area contributed by atoms with Gasteiger partial charge in [0.1, 0.15) is 11.3 Å². The zero-order chi connectivity index (χ0) is 24.5. The lowest BCUT2D eigenvalue weighted by Crippen LogP contribution is -2.22. The number of halogens is 1. The number of carbonyl (C=O) groups excluding carboxylic acids is 2. The van der Waals surface area contributed by atoms with Gasteiger partial charge in [0.2, 0.25) is 5.76 Å². The number of para-hydroxylation sites is 1. The van der Waals surface area contributed by atoms with Gasteiger partial charge in [-0.3, -0.25) is 4.79 Å². The molecule has 0 unspecified atom stereocenters. The van der Waals surface area contributed by atoms with Crippen LogP contribution in [0.1, 0.15) is 56.3 Å². The van der Waals surface area contributed by atoms with E-state index < -0.39 is 11.9 Å². The lowest BCUT2D eigenvalue weighted by molar-refractivity contribution is 0.0700. The van der Waals surface area contributed by atoms with Gasteiger partial charge in [-0.1, -0.05) is 41.9 Å². The third-order valence-electron chi connectivity index (χ3n) is 5.95. The van der Waals surface area contributed by atoms with E-state index in [4.69, 9.17) is 20.8 Å². The van der Waals surface area contributed by atoms with Crippen molar-refractivity contribution in [2.45, 2.75) is 33.1 Å². The zero-order valence-corrected chi connectivity index (χ0v) is 20.0. The highest BCUT2D eigenvalue weighted by Gasteiger charge is 2.29. The minimum Gasteiger partial charge on any atom is -0.453 e. The molecule has 5 rings (SSSR count). The molecule has 4 aromatic rings. The molecule has 35 heavy (non-hydrogen) atoms. The van der Waals surface area contributed by atoms with E-state index in [0.717, 1.165) is 23.1 Å². The summed E-state index contributed by atoms with van der Waals surface area (Å²) in [4.78, 5) is 30.2. The number of hydrogen-bond acceptors (Lipinski definition) is 6. The van der Waals surface area contributed by atoms with Crippen LogP contribution in [0.5, 0.6) is 5.75 Å². The Morgan fingerprint density at radius 3 is 2.71 bits per heavy atom. The van der Waals surface area contributed by atoms with Gasteiger partial charge in [0, 0.05) is 28.6 Å². The van der Waals surface area contributed by atoms with Crippen molar-refractivity contribution in [1.29, 1.82) is 0 Å². The van der Waals surface area contributed by atoms with E-state index in [9.17, 15) is 9.59 Å². The number of amides is 1. The van der Waals surface area contributed by atoms with Gasteiger partial charge in [-0.2, -0.15) is 5.10 Å². The van der Waals surface area contributed by atoms with E-state index in [1.165, 1.54) is 0 Å². The molecule has 0 radical (unpaired) electrons. The summed E-state index contributed by atoms with van der Waals surface area (Å²) in [5, 5.41) is 5.57. The van der Waals surface area contributed by atoms with Crippen LogP contribution in [0.15, 0.2) is 64.1 Å². The van der Waals surface area contributed by atoms with Crippen molar-refractivity contribution in [2.75, 3.05) is 0 Å². The number of esters is 1. The highest BCUT2D eigenvalue weighted by molar-refractivity contribution is 6.33. The summed E-state index contributed by atoms with van der Waals surface area (Å²) in [6.07, 6.45) is 2.08. The zero-order valence-electron chi connectivity index (χ0n) is 19.2. The number of benzene rings is 2. The second-order valence-corrected chi connectivity index (χ2v) is 8.76.